The van der Waals surface area contributed by atoms with Gasteiger partial charge in [0.2, 0.25) is 0 Å². The number of morpholine rings is 1. The summed E-state index contributed by atoms with van der Waals surface area (Å²) in [4.78, 5) is 27.7. The van der Waals surface area contributed by atoms with Crippen LogP contribution in [0.1, 0.15) is 39.2 Å². The van der Waals surface area contributed by atoms with Gasteiger partial charge in [-0.2, -0.15) is 0 Å². The smallest absolute Gasteiger partial charge is 0.274 e. The van der Waals surface area contributed by atoms with E-state index in [1.807, 2.05) is 43.3 Å². The molecule has 3 aromatic rings. The van der Waals surface area contributed by atoms with Gasteiger partial charge in [-0.1, -0.05) is 36.4 Å². The second-order valence-electron chi connectivity index (χ2n) is 6.87. The molecule has 1 aliphatic heterocycles. The summed E-state index contributed by atoms with van der Waals surface area (Å²) < 4.78 is 5.91. The minimum absolute atomic E-state index is 0.124. The van der Waals surface area contributed by atoms with Crippen molar-refractivity contribution < 1.29 is 9.53 Å². The molecule has 0 radical (unpaired) electrons. The van der Waals surface area contributed by atoms with Gasteiger partial charge >= 0.3 is 0 Å². The number of ether oxygens (including phenoxy) is 1. The Kier molecular flexibility index (Phi) is 5.39. The van der Waals surface area contributed by atoms with Crippen LogP contribution in [0.3, 0.4) is 0 Å². The molecule has 142 valence electrons. The summed E-state index contributed by atoms with van der Waals surface area (Å²) in [5.74, 6) is -0.124. The fourth-order valence-electron chi connectivity index (χ4n) is 3.26. The first-order valence-corrected chi connectivity index (χ1v) is 9.38. The Balaban J connectivity index is 1.48. The second kappa shape index (κ2) is 8.27. The highest BCUT2D eigenvalue weighted by molar-refractivity contribution is 5.92. The highest BCUT2D eigenvalue weighted by atomic mass is 16.5. The number of carbonyl (C=O) groups is 1. The minimum atomic E-state index is -0.244. The van der Waals surface area contributed by atoms with E-state index >= 15 is 0 Å². The van der Waals surface area contributed by atoms with Crippen molar-refractivity contribution in [3.63, 3.8) is 0 Å². The molecule has 1 fully saturated rings. The van der Waals surface area contributed by atoms with E-state index in [-0.39, 0.29) is 12.0 Å². The van der Waals surface area contributed by atoms with Crippen molar-refractivity contribution in [1.29, 1.82) is 0 Å². The lowest BCUT2D eigenvalue weighted by atomic mass is 10.1. The Hall–Kier alpha value is -3.12. The van der Waals surface area contributed by atoms with Crippen LogP contribution in [0.15, 0.2) is 60.9 Å². The van der Waals surface area contributed by atoms with Crippen molar-refractivity contribution in [3.05, 3.63) is 89.3 Å². The van der Waals surface area contributed by atoms with Crippen LogP contribution in [-0.4, -0.2) is 45.5 Å². The normalized spacial score (nSPS) is 16.8. The molecule has 1 aromatic carbocycles. The number of benzene rings is 1. The Morgan fingerprint density at radius 3 is 2.75 bits per heavy atom. The van der Waals surface area contributed by atoms with Crippen LogP contribution < -0.4 is 0 Å². The van der Waals surface area contributed by atoms with E-state index in [0.717, 1.165) is 23.5 Å². The summed E-state index contributed by atoms with van der Waals surface area (Å²) in [5.41, 5.74) is 4.19. The maximum Gasteiger partial charge on any atom is 0.274 e. The quantitative estimate of drug-likeness (QED) is 0.702. The number of aryl methyl sites for hydroxylation is 1. The first kappa shape index (κ1) is 18.3. The topological polar surface area (TPSA) is 68.2 Å². The van der Waals surface area contributed by atoms with Crippen molar-refractivity contribution >= 4 is 5.91 Å². The third-order valence-corrected chi connectivity index (χ3v) is 4.74. The summed E-state index contributed by atoms with van der Waals surface area (Å²) in [6.45, 7) is 3.31. The van der Waals surface area contributed by atoms with Crippen LogP contribution >= 0.6 is 0 Å². The van der Waals surface area contributed by atoms with E-state index in [1.165, 1.54) is 11.8 Å². The third-order valence-electron chi connectivity index (χ3n) is 4.74. The number of rotatable bonds is 4. The van der Waals surface area contributed by atoms with Gasteiger partial charge in [-0.05, 0) is 24.6 Å². The van der Waals surface area contributed by atoms with Gasteiger partial charge in [0.1, 0.15) is 11.8 Å². The number of hydrogen-bond acceptors (Lipinski definition) is 5. The molecule has 0 unspecified atom stereocenters. The molecule has 1 aliphatic rings. The molecule has 0 saturated carbocycles. The van der Waals surface area contributed by atoms with Crippen LogP contribution in [0, 0.1) is 6.92 Å². The second-order valence-corrected chi connectivity index (χ2v) is 6.87. The minimum Gasteiger partial charge on any atom is -0.368 e. The molecule has 2 aromatic heterocycles. The standard InChI is InChI=1S/C22H22N4O2/c1-16-13-24-20(14-23-16)22(27)26-10-11-28-21(15-26)19-9-5-8-18(25-19)12-17-6-3-2-4-7-17/h2-9,13-14,21H,10-12,15H2,1H3/t21-/m1/s1. The van der Waals surface area contributed by atoms with Crippen molar-refractivity contribution in [2.45, 2.75) is 19.4 Å². The number of aromatic nitrogens is 3. The van der Waals surface area contributed by atoms with E-state index in [1.54, 1.807) is 11.1 Å². The lowest BCUT2D eigenvalue weighted by Gasteiger charge is -2.32. The maximum atomic E-state index is 12.7. The van der Waals surface area contributed by atoms with E-state index in [9.17, 15) is 4.79 Å². The summed E-state index contributed by atoms with van der Waals surface area (Å²) in [7, 11) is 0. The number of carbonyl (C=O) groups excluding carboxylic acids is 1. The van der Waals surface area contributed by atoms with Crippen molar-refractivity contribution in [2.75, 3.05) is 19.7 Å². The molecule has 0 aliphatic carbocycles. The van der Waals surface area contributed by atoms with Crippen LogP contribution in [0.5, 0.6) is 0 Å². The van der Waals surface area contributed by atoms with Gasteiger partial charge in [-0.3, -0.25) is 14.8 Å². The summed E-state index contributed by atoms with van der Waals surface area (Å²) in [6, 6.07) is 16.2. The molecule has 4 rings (SSSR count). The monoisotopic (exact) mass is 374 g/mol. The van der Waals surface area contributed by atoms with Crippen molar-refractivity contribution in [1.82, 2.24) is 19.9 Å². The van der Waals surface area contributed by atoms with E-state index < -0.39 is 0 Å². The predicted molar refractivity (Wildman–Crippen MR) is 105 cm³/mol. The zero-order valence-electron chi connectivity index (χ0n) is 15.8. The molecule has 6 nitrogen and oxygen atoms in total. The fourth-order valence-corrected chi connectivity index (χ4v) is 3.26. The largest absolute Gasteiger partial charge is 0.368 e. The summed E-state index contributed by atoms with van der Waals surface area (Å²) in [6.07, 6.45) is 3.66. The molecule has 0 bridgehead atoms. The van der Waals surface area contributed by atoms with Crippen molar-refractivity contribution in [2.24, 2.45) is 0 Å². The number of nitrogens with zero attached hydrogens (tertiary/aromatic N) is 4. The molecular weight excluding hydrogens is 352 g/mol. The Labute approximate surface area is 164 Å². The molecule has 28 heavy (non-hydrogen) atoms. The van der Waals surface area contributed by atoms with Gasteiger partial charge in [-0.15, -0.1) is 0 Å². The first-order chi connectivity index (χ1) is 13.7. The van der Waals surface area contributed by atoms with E-state index in [4.69, 9.17) is 9.72 Å². The van der Waals surface area contributed by atoms with E-state index in [0.29, 0.717) is 25.4 Å². The number of amides is 1. The van der Waals surface area contributed by atoms with Gasteiger partial charge in [0.05, 0.1) is 30.7 Å². The van der Waals surface area contributed by atoms with Crippen LogP contribution in [-0.2, 0) is 11.2 Å². The lowest BCUT2D eigenvalue weighted by molar-refractivity contribution is -0.0250. The molecule has 3 heterocycles. The zero-order valence-corrected chi connectivity index (χ0v) is 15.8. The Morgan fingerprint density at radius 1 is 1.11 bits per heavy atom. The molecule has 1 amide bonds. The van der Waals surface area contributed by atoms with Crippen LogP contribution in [0.2, 0.25) is 0 Å². The van der Waals surface area contributed by atoms with E-state index in [2.05, 4.69) is 22.1 Å². The van der Waals surface area contributed by atoms with Gasteiger partial charge in [0, 0.05) is 24.9 Å². The van der Waals surface area contributed by atoms with Crippen LogP contribution in [0.4, 0.5) is 0 Å². The average molecular weight is 374 g/mol. The van der Waals surface area contributed by atoms with Gasteiger partial charge in [-0.25, -0.2) is 4.98 Å². The molecule has 0 spiro atoms. The Bertz CT molecular complexity index is 944. The fraction of sp³-hybridized carbons (Fsp3) is 0.273. The highest BCUT2D eigenvalue weighted by Gasteiger charge is 2.27. The first-order valence-electron chi connectivity index (χ1n) is 9.38. The molecule has 6 heteroatoms. The molecule has 1 atom stereocenters. The van der Waals surface area contributed by atoms with Gasteiger partial charge in [0.25, 0.3) is 5.91 Å². The third kappa shape index (κ3) is 4.23. The zero-order chi connectivity index (χ0) is 19.3. The predicted octanol–water partition coefficient (Wildman–Crippen LogP) is 2.98. The SMILES string of the molecule is Cc1cnc(C(=O)N2CCO[C@@H](c3cccc(Cc4ccccc4)n3)C2)cn1. The average Bonchev–Trinajstić information content (AvgIpc) is 2.75. The maximum absolute atomic E-state index is 12.7. The molecular formula is C22H22N4O2. The lowest BCUT2D eigenvalue weighted by Crippen LogP contribution is -2.42. The number of pyridine rings is 1. The van der Waals surface area contributed by atoms with Crippen LogP contribution in [0.25, 0.3) is 0 Å². The molecule has 1 saturated heterocycles. The Morgan fingerprint density at radius 2 is 1.96 bits per heavy atom. The highest BCUT2D eigenvalue weighted by Crippen LogP contribution is 2.22. The summed E-state index contributed by atoms with van der Waals surface area (Å²) in [5, 5.41) is 0. The summed E-state index contributed by atoms with van der Waals surface area (Å²) >= 11 is 0. The van der Waals surface area contributed by atoms with Gasteiger partial charge in [0.15, 0.2) is 0 Å². The van der Waals surface area contributed by atoms with Crippen molar-refractivity contribution in [3.8, 4) is 0 Å². The number of hydrogen-bond donors (Lipinski definition) is 0. The molecule has 0 N–H and O–H groups in total. The van der Waals surface area contributed by atoms with Gasteiger partial charge < -0.3 is 9.64 Å².